The number of methoxy groups -OCH3 is 1. The van der Waals surface area contributed by atoms with E-state index in [0.717, 1.165) is 5.39 Å². The molecule has 1 aromatic heterocycles. The molecular weight excluding hydrogens is 260 g/mol. The van der Waals surface area contributed by atoms with Crippen molar-refractivity contribution in [3.8, 4) is 5.75 Å². The molecule has 0 aliphatic rings. The van der Waals surface area contributed by atoms with E-state index < -0.39 is 0 Å². The summed E-state index contributed by atoms with van der Waals surface area (Å²) in [5, 5.41) is 1.39. The van der Waals surface area contributed by atoms with Gasteiger partial charge in [-0.15, -0.1) is 0 Å². The van der Waals surface area contributed by atoms with Crippen LogP contribution in [0.1, 0.15) is 5.56 Å². The third kappa shape index (κ3) is 1.90. The molecule has 15 heavy (non-hydrogen) atoms. The van der Waals surface area contributed by atoms with Crippen molar-refractivity contribution in [2.45, 2.75) is 5.33 Å². The van der Waals surface area contributed by atoms with Crippen LogP contribution in [0.15, 0.2) is 33.5 Å². The van der Waals surface area contributed by atoms with Crippen molar-refractivity contribution >= 4 is 26.9 Å². The fourth-order valence-corrected chi connectivity index (χ4v) is 1.75. The number of fused-ring (bicyclic) bond motifs is 1. The topological polar surface area (TPSA) is 39.4 Å². The van der Waals surface area contributed by atoms with Gasteiger partial charge in [0.2, 0.25) is 0 Å². The number of halogens is 1. The SMILES string of the molecule is COc1ccc2cc(CBr)c(=O)oc2c1. The van der Waals surface area contributed by atoms with Gasteiger partial charge in [-0.25, -0.2) is 4.79 Å². The molecule has 0 aliphatic carbocycles. The first-order chi connectivity index (χ1) is 7.24. The van der Waals surface area contributed by atoms with E-state index in [2.05, 4.69) is 15.9 Å². The van der Waals surface area contributed by atoms with Gasteiger partial charge in [0.25, 0.3) is 0 Å². The molecule has 0 saturated heterocycles. The highest BCUT2D eigenvalue weighted by Gasteiger charge is 2.04. The second kappa shape index (κ2) is 4.06. The third-order valence-corrected chi connectivity index (χ3v) is 2.76. The average Bonchev–Trinajstić information content (AvgIpc) is 2.27. The van der Waals surface area contributed by atoms with Crippen LogP contribution >= 0.6 is 15.9 Å². The number of alkyl halides is 1. The molecule has 0 amide bonds. The van der Waals surface area contributed by atoms with Gasteiger partial charge in [-0.1, -0.05) is 15.9 Å². The van der Waals surface area contributed by atoms with E-state index in [1.165, 1.54) is 0 Å². The van der Waals surface area contributed by atoms with Crippen molar-refractivity contribution < 1.29 is 9.15 Å². The molecule has 1 heterocycles. The van der Waals surface area contributed by atoms with Crippen LogP contribution in [0.4, 0.5) is 0 Å². The van der Waals surface area contributed by atoms with Gasteiger partial charge in [0.05, 0.1) is 7.11 Å². The number of benzene rings is 1. The quantitative estimate of drug-likeness (QED) is 0.621. The van der Waals surface area contributed by atoms with Gasteiger partial charge < -0.3 is 9.15 Å². The highest BCUT2D eigenvalue weighted by atomic mass is 79.9. The lowest BCUT2D eigenvalue weighted by molar-refractivity contribution is 0.414. The summed E-state index contributed by atoms with van der Waals surface area (Å²) < 4.78 is 10.2. The summed E-state index contributed by atoms with van der Waals surface area (Å²) in [6.07, 6.45) is 0. The standard InChI is InChI=1S/C11H9BrO3/c1-14-9-3-2-7-4-8(6-12)11(13)15-10(7)5-9/h2-5H,6H2,1H3. The van der Waals surface area contributed by atoms with Crippen LogP contribution in [0.2, 0.25) is 0 Å². The number of hydrogen-bond acceptors (Lipinski definition) is 3. The molecule has 2 aromatic rings. The summed E-state index contributed by atoms with van der Waals surface area (Å²) in [7, 11) is 1.58. The van der Waals surface area contributed by atoms with E-state index in [1.54, 1.807) is 13.2 Å². The molecule has 0 N–H and O–H groups in total. The van der Waals surface area contributed by atoms with Crippen LogP contribution in [0, 0.1) is 0 Å². The van der Waals surface area contributed by atoms with Crippen LogP contribution in [0.25, 0.3) is 11.0 Å². The molecule has 78 valence electrons. The zero-order chi connectivity index (χ0) is 10.8. The fourth-order valence-electron chi connectivity index (χ4n) is 1.35. The summed E-state index contributed by atoms with van der Waals surface area (Å²) in [6.45, 7) is 0. The first kappa shape index (κ1) is 10.2. The summed E-state index contributed by atoms with van der Waals surface area (Å²) in [6, 6.07) is 7.22. The molecule has 0 fully saturated rings. The van der Waals surface area contributed by atoms with E-state index in [9.17, 15) is 4.79 Å². The van der Waals surface area contributed by atoms with Crippen molar-refractivity contribution in [2.75, 3.05) is 7.11 Å². The van der Waals surface area contributed by atoms with Crippen molar-refractivity contribution in [3.63, 3.8) is 0 Å². The van der Waals surface area contributed by atoms with Crippen molar-refractivity contribution in [3.05, 3.63) is 40.2 Å². The monoisotopic (exact) mass is 268 g/mol. The summed E-state index contributed by atoms with van der Waals surface area (Å²) >= 11 is 3.24. The number of ether oxygens (including phenoxy) is 1. The molecule has 0 aliphatic heterocycles. The highest BCUT2D eigenvalue weighted by Crippen LogP contribution is 2.20. The minimum atomic E-state index is -0.312. The molecule has 0 bridgehead atoms. The molecule has 0 radical (unpaired) electrons. The van der Waals surface area contributed by atoms with Crippen LogP contribution < -0.4 is 10.4 Å². The Morgan fingerprint density at radius 1 is 1.40 bits per heavy atom. The molecule has 3 nitrogen and oxygen atoms in total. The highest BCUT2D eigenvalue weighted by molar-refractivity contribution is 9.08. The first-order valence-electron chi connectivity index (χ1n) is 4.41. The molecule has 0 atom stereocenters. The van der Waals surface area contributed by atoms with E-state index in [0.29, 0.717) is 22.2 Å². The number of hydrogen-bond donors (Lipinski definition) is 0. The van der Waals surface area contributed by atoms with Crippen molar-refractivity contribution in [2.24, 2.45) is 0 Å². The van der Waals surface area contributed by atoms with E-state index in [1.807, 2.05) is 18.2 Å². The van der Waals surface area contributed by atoms with Crippen LogP contribution in [0.3, 0.4) is 0 Å². The number of rotatable bonds is 2. The Hall–Kier alpha value is -1.29. The summed E-state index contributed by atoms with van der Waals surface area (Å²) in [5.74, 6) is 0.678. The Labute approximate surface area is 94.8 Å². The van der Waals surface area contributed by atoms with Gasteiger partial charge >= 0.3 is 5.63 Å². The van der Waals surface area contributed by atoms with Gasteiger partial charge in [0, 0.05) is 22.3 Å². The Bertz CT molecular complexity index is 545. The Kier molecular flexibility index (Phi) is 2.77. The second-order valence-electron chi connectivity index (χ2n) is 3.10. The lowest BCUT2D eigenvalue weighted by atomic mass is 10.2. The molecule has 0 spiro atoms. The lowest BCUT2D eigenvalue weighted by Gasteiger charge is -2.02. The van der Waals surface area contributed by atoms with Crippen LogP contribution in [-0.4, -0.2) is 7.11 Å². The summed E-state index contributed by atoms with van der Waals surface area (Å²) in [4.78, 5) is 11.4. The average molecular weight is 269 g/mol. The van der Waals surface area contributed by atoms with Gasteiger partial charge in [-0.2, -0.15) is 0 Å². The Morgan fingerprint density at radius 2 is 2.20 bits per heavy atom. The van der Waals surface area contributed by atoms with Crippen molar-refractivity contribution in [1.29, 1.82) is 0 Å². The van der Waals surface area contributed by atoms with Crippen molar-refractivity contribution in [1.82, 2.24) is 0 Å². The largest absolute Gasteiger partial charge is 0.497 e. The first-order valence-corrected chi connectivity index (χ1v) is 5.53. The van der Waals surface area contributed by atoms with E-state index in [-0.39, 0.29) is 5.63 Å². The third-order valence-electron chi connectivity index (χ3n) is 2.16. The van der Waals surface area contributed by atoms with E-state index >= 15 is 0 Å². The van der Waals surface area contributed by atoms with E-state index in [4.69, 9.17) is 9.15 Å². The molecular formula is C11H9BrO3. The Balaban J connectivity index is 2.70. The zero-order valence-electron chi connectivity index (χ0n) is 8.12. The predicted octanol–water partition coefficient (Wildman–Crippen LogP) is 2.70. The molecule has 0 saturated carbocycles. The minimum absolute atomic E-state index is 0.312. The van der Waals surface area contributed by atoms with Crippen LogP contribution in [0.5, 0.6) is 5.75 Å². The zero-order valence-corrected chi connectivity index (χ0v) is 9.71. The van der Waals surface area contributed by atoms with Crippen LogP contribution in [-0.2, 0) is 5.33 Å². The Morgan fingerprint density at radius 3 is 2.87 bits per heavy atom. The molecule has 1 aromatic carbocycles. The molecule has 4 heteroatoms. The molecule has 0 unspecified atom stereocenters. The normalized spacial score (nSPS) is 10.5. The second-order valence-corrected chi connectivity index (χ2v) is 3.66. The maximum absolute atomic E-state index is 11.4. The van der Waals surface area contributed by atoms with Gasteiger partial charge in [0.15, 0.2) is 0 Å². The minimum Gasteiger partial charge on any atom is -0.497 e. The van der Waals surface area contributed by atoms with Gasteiger partial charge in [-0.3, -0.25) is 0 Å². The maximum Gasteiger partial charge on any atom is 0.340 e. The maximum atomic E-state index is 11.4. The molecule has 2 rings (SSSR count). The lowest BCUT2D eigenvalue weighted by Crippen LogP contribution is -2.04. The fraction of sp³-hybridized carbons (Fsp3) is 0.182. The summed E-state index contributed by atoms with van der Waals surface area (Å²) in [5.41, 5.74) is 0.851. The smallest absolute Gasteiger partial charge is 0.340 e. The predicted molar refractivity (Wildman–Crippen MR) is 61.7 cm³/mol. The van der Waals surface area contributed by atoms with Gasteiger partial charge in [-0.05, 0) is 18.2 Å². The van der Waals surface area contributed by atoms with Gasteiger partial charge in [0.1, 0.15) is 11.3 Å².